The zero-order chi connectivity index (χ0) is 16.3. The van der Waals surface area contributed by atoms with Crippen LogP contribution in [0.1, 0.15) is 21.5 Å². The van der Waals surface area contributed by atoms with Crippen molar-refractivity contribution in [1.82, 2.24) is 15.1 Å². The van der Waals surface area contributed by atoms with Gasteiger partial charge in [-0.1, -0.05) is 15.9 Å². The van der Waals surface area contributed by atoms with Gasteiger partial charge in [-0.15, -0.1) is 0 Å². The Morgan fingerprint density at radius 2 is 2.18 bits per heavy atom. The van der Waals surface area contributed by atoms with Gasteiger partial charge in [0, 0.05) is 23.6 Å². The molecular formula is C14H14BrN3O4. The SMILES string of the molecule is COC(=O)NCc1cc(C(=O)c2cnn(C)c2O)ccc1Br. The largest absolute Gasteiger partial charge is 0.493 e. The molecule has 0 bridgehead atoms. The molecule has 0 spiro atoms. The maximum Gasteiger partial charge on any atom is 0.407 e. The van der Waals surface area contributed by atoms with E-state index in [0.29, 0.717) is 11.1 Å². The zero-order valence-corrected chi connectivity index (χ0v) is 13.5. The second-order valence-corrected chi connectivity index (χ2v) is 5.34. The van der Waals surface area contributed by atoms with Gasteiger partial charge in [-0.2, -0.15) is 5.10 Å². The number of alkyl carbamates (subject to hydrolysis) is 1. The minimum Gasteiger partial charge on any atom is -0.493 e. The number of amides is 1. The van der Waals surface area contributed by atoms with Crippen molar-refractivity contribution in [2.45, 2.75) is 6.54 Å². The number of halogens is 1. The number of ketones is 1. The van der Waals surface area contributed by atoms with E-state index in [0.717, 1.165) is 4.47 Å². The standard InChI is InChI=1S/C14H14BrN3O4/c1-18-13(20)10(7-17-18)12(19)8-3-4-11(15)9(5-8)6-16-14(21)22-2/h3-5,7,20H,6H2,1-2H3,(H,16,21). The lowest BCUT2D eigenvalue weighted by molar-refractivity contribution is 0.103. The lowest BCUT2D eigenvalue weighted by Gasteiger charge is -2.08. The highest BCUT2D eigenvalue weighted by atomic mass is 79.9. The minimum atomic E-state index is -0.562. The van der Waals surface area contributed by atoms with Crippen LogP contribution in [-0.4, -0.2) is 33.9 Å². The zero-order valence-electron chi connectivity index (χ0n) is 12.0. The average molecular weight is 368 g/mol. The van der Waals surface area contributed by atoms with Crippen molar-refractivity contribution in [1.29, 1.82) is 0 Å². The van der Waals surface area contributed by atoms with Crippen molar-refractivity contribution in [2.75, 3.05) is 7.11 Å². The molecule has 0 atom stereocenters. The number of aryl methyl sites for hydroxylation is 1. The first-order valence-electron chi connectivity index (χ1n) is 6.30. The van der Waals surface area contributed by atoms with Crippen LogP contribution < -0.4 is 5.32 Å². The Morgan fingerprint density at radius 1 is 1.45 bits per heavy atom. The van der Waals surface area contributed by atoms with Gasteiger partial charge in [0.25, 0.3) is 0 Å². The molecule has 2 N–H and O–H groups in total. The van der Waals surface area contributed by atoms with E-state index >= 15 is 0 Å². The molecule has 22 heavy (non-hydrogen) atoms. The molecular weight excluding hydrogens is 354 g/mol. The summed E-state index contributed by atoms with van der Waals surface area (Å²) in [6.07, 6.45) is 0.750. The normalized spacial score (nSPS) is 10.3. The van der Waals surface area contributed by atoms with Gasteiger partial charge in [0.1, 0.15) is 5.56 Å². The van der Waals surface area contributed by atoms with Crippen molar-refractivity contribution in [3.05, 3.63) is 45.6 Å². The molecule has 7 nitrogen and oxygen atoms in total. The molecule has 1 amide bonds. The lowest BCUT2D eigenvalue weighted by atomic mass is 10.0. The van der Waals surface area contributed by atoms with E-state index in [9.17, 15) is 14.7 Å². The van der Waals surface area contributed by atoms with Crippen molar-refractivity contribution in [3.63, 3.8) is 0 Å². The second kappa shape index (κ2) is 6.61. The van der Waals surface area contributed by atoms with E-state index < -0.39 is 6.09 Å². The number of hydrogen-bond donors (Lipinski definition) is 2. The molecule has 1 aromatic carbocycles. The van der Waals surface area contributed by atoms with Crippen LogP contribution in [0.25, 0.3) is 0 Å². The van der Waals surface area contributed by atoms with Gasteiger partial charge < -0.3 is 15.2 Å². The quantitative estimate of drug-likeness (QED) is 0.805. The number of carbonyl (C=O) groups is 2. The van der Waals surface area contributed by atoms with Crippen LogP contribution in [0.4, 0.5) is 4.79 Å². The predicted molar refractivity (Wildman–Crippen MR) is 81.7 cm³/mol. The topological polar surface area (TPSA) is 93.5 Å². The first-order chi connectivity index (χ1) is 10.4. The Hall–Kier alpha value is -2.35. The summed E-state index contributed by atoms with van der Waals surface area (Å²) in [5.41, 5.74) is 1.21. The molecule has 0 unspecified atom stereocenters. The van der Waals surface area contributed by atoms with Gasteiger partial charge in [-0.05, 0) is 23.8 Å². The Balaban J connectivity index is 2.27. The summed E-state index contributed by atoms with van der Waals surface area (Å²) < 4.78 is 6.46. The van der Waals surface area contributed by atoms with Gasteiger partial charge in [0.15, 0.2) is 5.78 Å². The van der Waals surface area contributed by atoms with Gasteiger partial charge in [0.05, 0.1) is 13.3 Å². The molecule has 0 aliphatic heterocycles. The second-order valence-electron chi connectivity index (χ2n) is 4.49. The summed E-state index contributed by atoms with van der Waals surface area (Å²) in [7, 11) is 2.81. The van der Waals surface area contributed by atoms with Crippen molar-refractivity contribution >= 4 is 27.8 Å². The Bertz CT molecular complexity index is 727. The molecule has 0 aliphatic rings. The molecule has 1 aromatic heterocycles. The lowest BCUT2D eigenvalue weighted by Crippen LogP contribution is -2.22. The van der Waals surface area contributed by atoms with Gasteiger partial charge in [-0.25, -0.2) is 9.48 Å². The summed E-state index contributed by atoms with van der Waals surface area (Å²) in [4.78, 5) is 23.5. The monoisotopic (exact) mass is 367 g/mol. The molecule has 0 radical (unpaired) electrons. The molecule has 2 rings (SSSR count). The Labute approximate surface area is 135 Å². The van der Waals surface area contributed by atoms with Crippen LogP contribution in [0.3, 0.4) is 0 Å². The molecule has 0 fully saturated rings. The molecule has 116 valence electrons. The number of rotatable bonds is 4. The van der Waals surface area contributed by atoms with E-state index in [-0.39, 0.29) is 23.8 Å². The summed E-state index contributed by atoms with van der Waals surface area (Å²) in [6.45, 7) is 0.202. The van der Waals surface area contributed by atoms with E-state index in [4.69, 9.17) is 0 Å². The predicted octanol–water partition coefficient (Wildman–Crippen LogP) is 1.98. The number of nitrogens with zero attached hydrogens (tertiary/aromatic N) is 2. The highest BCUT2D eigenvalue weighted by molar-refractivity contribution is 9.10. The highest BCUT2D eigenvalue weighted by Gasteiger charge is 2.18. The Kier molecular flexibility index (Phi) is 4.81. The summed E-state index contributed by atoms with van der Waals surface area (Å²) >= 11 is 3.36. The van der Waals surface area contributed by atoms with E-state index in [1.807, 2.05) is 0 Å². The number of hydrogen-bond acceptors (Lipinski definition) is 5. The number of methoxy groups -OCH3 is 1. The van der Waals surface area contributed by atoms with Crippen LogP contribution in [0.5, 0.6) is 5.88 Å². The maximum atomic E-state index is 12.4. The third kappa shape index (κ3) is 3.28. The fourth-order valence-electron chi connectivity index (χ4n) is 1.84. The first kappa shape index (κ1) is 16.0. The molecule has 1 heterocycles. The third-order valence-corrected chi connectivity index (χ3v) is 3.84. The van der Waals surface area contributed by atoms with Gasteiger partial charge in [-0.3, -0.25) is 4.79 Å². The molecule has 0 saturated heterocycles. The molecule has 0 aliphatic carbocycles. The smallest absolute Gasteiger partial charge is 0.407 e. The van der Waals surface area contributed by atoms with Crippen LogP contribution in [0.2, 0.25) is 0 Å². The molecule has 2 aromatic rings. The third-order valence-electron chi connectivity index (χ3n) is 3.07. The van der Waals surface area contributed by atoms with Crippen LogP contribution in [0.15, 0.2) is 28.9 Å². The van der Waals surface area contributed by atoms with Gasteiger partial charge in [0.2, 0.25) is 5.88 Å². The van der Waals surface area contributed by atoms with E-state index in [1.165, 1.54) is 18.0 Å². The van der Waals surface area contributed by atoms with Crippen LogP contribution in [-0.2, 0) is 18.3 Å². The number of benzene rings is 1. The van der Waals surface area contributed by atoms with Crippen molar-refractivity contribution in [2.24, 2.45) is 7.05 Å². The Morgan fingerprint density at radius 3 is 2.77 bits per heavy atom. The molecule has 0 saturated carbocycles. The summed E-state index contributed by atoms with van der Waals surface area (Å²) in [5.74, 6) is -0.542. The van der Waals surface area contributed by atoms with Crippen molar-refractivity contribution in [3.8, 4) is 5.88 Å². The fourth-order valence-corrected chi connectivity index (χ4v) is 2.22. The number of aromatic hydroxyl groups is 1. The van der Waals surface area contributed by atoms with Crippen LogP contribution >= 0.6 is 15.9 Å². The fraction of sp³-hybridized carbons (Fsp3) is 0.214. The van der Waals surface area contributed by atoms with Crippen molar-refractivity contribution < 1.29 is 19.4 Å². The first-order valence-corrected chi connectivity index (χ1v) is 7.09. The minimum absolute atomic E-state index is 0.122. The number of nitrogens with one attached hydrogen (secondary N) is 1. The summed E-state index contributed by atoms with van der Waals surface area (Å²) in [6, 6.07) is 4.96. The number of aromatic nitrogens is 2. The van der Waals surface area contributed by atoms with E-state index in [1.54, 1.807) is 25.2 Å². The average Bonchev–Trinajstić information content (AvgIpc) is 2.85. The molecule has 8 heteroatoms. The number of ether oxygens (including phenoxy) is 1. The maximum absolute atomic E-state index is 12.4. The van der Waals surface area contributed by atoms with Crippen LogP contribution in [0, 0.1) is 0 Å². The summed E-state index contributed by atoms with van der Waals surface area (Å²) in [5, 5.41) is 16.2. The van der Waals surface area contributed by atoms with E-state index in [2.05, 4.69) is 31.1 Å². The van der Waals surface area contributed by atoms with Gasteiger partial charge >= 0.3 is 6.09 Å². The number of carbonyl (C=O) groups excluding carboxylic acids is 2. The highest BCUT2D eigenvalue weighted by Crippen LogP contribution is 2.23.